The molecule has 1 aromatic carbocycles. The molecule has 0 aliphatic carbocycles. The first-order chi connectivity index (χ1) is 9.04. The fraction of sp³-hybridized carbons (Fsp3) is 0.429. The molecule has 1 atom stereocenters. The number of carbonyl (C=O) groups is 2. The summed E-state index contributed by atoms with van der Waals surface area (Å²) in [6.07, 6.45) is 0. The Hall–Kier alpha value is -1.88. The summed E-state index contributed by atoms with van der Waals surface area (Å²) >= 11 is 0. The summed E-state index contributed by atoms with van der Waals surface area (Å²) in [4.78, 5) is 24.8. The molecular weight excluding hydrogens is 242 g/mol. The summed E-state index contributed by atoms with van der Waals surface area (Å²) in [6, 6.07) is 9.56. The van der Waals surface area contributed by atoms with Crippen LogP contribution in [0.1, 0.15) is 12.5 Å². The van der Waals surface area contributed by atoms with Crippen molar-refractivity contribution in [1.82, 2.24) is 10.2 Å². The van der Waals surface area contributed by atoms with Crippen molar-refractivity contribution in [2.45, 2.75) is 13.5 Å². The first kappa shape index (κ1) is 15.2. The van der Waals surface area contributed by atoms with E-state index in [1.807, 2.05) is 37.3 Å². The second-order valence-electron chi connectivity index (χ2n) is 4.60. The van der Waals surface area contributed by atoms with Gasteiger partial charge in [-0.05, 0) is 12.6 Å². The van der Waals surface area contributed by atoms with Gasteiger partial charge in [-0.3, -0.25) is 9.59 Å². The number of primary amides is 1. The summed E-state index contributed by atoms with van der Waals surface area (Å²) in [6.45, 7) is 2.75. The molecule has 0 saturated carbocycles. The molecule has 1 aromatic rings. The molecule has 0 heterocycles. The molecule has 0 saturated heterocycles. The van der Waals surface area contributed by atoms with Gasteiger partial charge in [0.05, 0.1) is 6.54 Å². The molecule has 1 unspecified atom stereocenters. The minimum absolute atomic E-state index is 0.0538. The summed E-state index contributed by atoms with van der Waals surface area (Å²) in [5.41, 5.74) is 6.19. The van der Waals surface area contributed by atoms with E-state index in [1.165, 1.54) is 4.90 Å². The van der Waals surface area contributed by atoms with Gasteiger partial charge in [0.2, 0.25) is 11.8 Å². The molecule has 3 N–H and O–H groups in total. The Balaban J connectivity index is 2.77. The van der Waals surface area contributed by atoms with Gasteiger partial charge in [-0.1, -0.05) is 37.3 Å². The molecule has 104 valence electrons. The first-order valence-electron chi connectivity index (χ1n) is 6.30. The van der Waals surface area contributed by atoms with Gasteiger partial charge in [-0.25, -0.2) is 0 Å². The zero-order valence-corrected chi connectivity index (χ0v) is 11.4. The fourth-order valence-electron chi connectivity index (χ4n) is 1.91. The van der Waals surface area contributed by atoms with E-state index in [2.05, 4.69) is 5.32 Å². The van der Waals surface area contributed by atoms with E-state index in [9.17, 15) is 9.59 Å². The smallest absolute Gasteiger partial charge is 0.237 e. The van der Waals surface area contributed by atoms with Crippen molar-refractivity contribution in [2.24, 2.45) is 11.7 Å². The molecule has 19 heavy (non-hydrogen) atoms. The van der Waals surface area contributed by atoms with Crippen molar-refractivity contribution in [3.8, 4) is 0 Å². The Labute approximate surface area is 113 Å². The standard InChI is InChI=1S/C14H21N3O2/c1-11(8-16-2)14(19)17(10-13(15)18)9-12-6-4-3-5-7-12/h3-7,11,16H,8-10H2,1-2H3,(H2,15,18). The second-order valence-corrected chi connectivity index (χ2v) is 4.60. The Morgan fingerprint density at radius 2 is 1.95 bits per heavy atom. The predicted octanol–water partition coefficient (Wildman–Crippen LogP) is 0.356. The topological polar surface area (TPSA) is 75.4 Å². The van der Waals surface area contributed by atoms with Crippen LogP contribution >= 0.6 is 0 Å². The summed E-state index contributed by atoms with van der Waals surface area (Å²) in [5.74, 6) is -0.758. The molecule has 0 spiro atoms. The van der Waals surface area contributed by atoms with Crippen molar-refractivity contribution in [3.63, 3.8) is 0 Å². The van der Waals surface area contributed by atoms with Crippen LogP contribution < -0.4 is 11.1 Å². The highest BCUT2D eigenvalue weighted by Gasteiger charge is 2.21. The number of nitrogens with two attached hydrogens (primary N) is 1. The largest absolute Gasteiger partial charge is 0.368 e. The molecular formula is C14H21N3O2. The Kier molecular flexibility index (Phi) is 6.02. The van der Waals surface area contributed by atoms with Gasteiger partial charge in [0.1, 0.15) is 0 Å². The number of carbonyl (C=O) groups excluding carboxylic acids is 2. The van der Waals surface area contributed by atoms with Crippen molar-refractivity contribution in [2.75, 3.05) is 20.1 Å². The molecule has 0 aliphatic heterocycles. The highest BCUT2D eigenvalue weighted by atomic mass is 16.2. The minimum Gasteiger partial charge on any atom is -0.368 e. The van der Waals surface area contributed by atoms with E-state index in [0.717, 1.165) is 5.56 Å². The van der Waals surface area contributed by atoms with Crippen molar-refractivity contribution in [1.29, 1.82) is 0 Å². The lowest BCUT2D eigenvalue weighted by Gasteiger charge is -2.24. The third-order valence-electron chi connectivity index (χ3n) is 2.81. The third kappa shape index (κ3) is 5.09. The van der Waals surface area contributed by atoms with E-state index in [1.54, 1.807) is 7.05 Å². The van der Waals surface area contributed by atoms with Crippen LogP contribution in [0.4, 0.5) is 0 Å². The van der Waals surface area contributed by atoms with Gasteiger partial charge < -0.3 is 16.0 Å². The minimum atomic E-state index is -0.499. The zero-order chi connectivity index (χ0) is 14.3. The predicted molar refractivity (Wildman–Crippen MR) is 74.1 cm³/mol. The normalized spacial score (nSPS) is 11.9. The van der Waals surface area contributed by atoms with Crippen LogP contribution in [0.5, 0.6) is 0 Å². The van der Waals surface area contributed by atoms with Crippen LogP contribution in [-0.2, 0) is 16.1 Å². The highest BCUT2D eigenvalue weighted by Crippen LogP contribution is 2.08. The van der Waals surface area contributed by atoms with Crippen LogP contribution in [0.25, 0.3) is 0 Å². The number of nitrogens with one attached hydrogen (secondary N) is 1. The SMILES string of the molecule is CNCC(C)C(=O)N(CC(N)=O)Cc1ccccc1. The van der Waals surface area contributed by atoms with Crippen LogP contribution in [0.2, 0.25) is 0 Å². The van der Waals surface area contributed by atoms with Crippen LogP contribution in [0, 0.1) is 5.92 Å². The molecule has 2 amide bonds. The number of hydrogen-bond donors (Lipinski definition) is 2. The maximum atomic E-state index is 12.3. The average Bonchev–Trinajstić information content (AvgIpc) is 2.38. The lowest BCUT2D eigenvalue weighted by atomic mass is 10.1. The zero-order valence-electron chi connectivity index (χ0n) is 11.4. The molecule has 0 radical (unpaired) electrons. The Morgan fingerprint density at radius 1 is 1.32 bits per heavy atom. The highest BCUT2D eigenvalue weighted by molar-refractivity contribution is 5.85. The molecule has 0 fully saturated rings. The summed E-state index contributed by atoms with van der Waals surface area (Å²) < 4.78 is 0. The molecule has 0 aliphatic rings. The van der Waals surface area contributed by atoms with Gasteiger partial charge in [-0.2, -0.15) is 0 Å². The lowest BCUT2D eigenvalue weighted by Crippen LogP contribution is -2.42. The summed E-state index contributed by atoms with van der Waals surface area (Å²) in [7, 11) is 1.79. The molecule has 1 rings (SSSR count). The number of nitrogens with zero attached hydrogens (tertiary/aromatic N) is 1. The second kappa shape index (κ2) is 7.53. The van der Waals surface area contributed by atoms with E-state index in [-0.39, 0.29) is 18.4 Å². The Morgan fingerprint density at radius 3 is 2.47 bits per heavy atom. The van der Waals surface area contributed by atoms with Crippen LogP contribution in [-0.4, -0.2) is 36.9 Å². The van der Waals surface area contributed by atoms with Gasteiger partial charge in [0, 0.05) is 19.0 Å². The van der Waals surface area contributed by atoms with Crippen LogP contribution in [0.15, 0.2) is 30.3 Å². The molecule has 5 heteroatoms. The third-order valence-corrected chi connectivity index (χ3v) is 2.81. The van der Waals surface area contributed by atoms with Crippen molar-refractivity contribution < 1.29 is 9.59 Å². The average molecular weight is 263 g/mol. The number of benzene rings is 1. The van der Waals surface area contributed by atoms with E-state index in [0.29, 0.717) is 13.1 Å². The van der Waals surface area contributed by atoms with Gasteiger partial charge >= 0.3 is 0 Å². The van der Waals surface area contributed by atoms with Crippen LogP contribution in [0.3, 0.4) is 0 Å². The van der Waals surface area contributed by atoms with E-state index < -0.39 is 5.91 Å². The fourth-order valence-corrected chi connectivity index (χ4v) is 1.91. The monoisotopic (exact) mass is 263 g/mol. The van der Waals surface area contributed by atoms with Crippen molar-refractivity contribution in [3.05, 3.63) is 35.9 Å². The molecule has 0 aromatic heterocycles. The molecule has 5 nitrogen and oxygen atoms in total. The van der Waals surface area contributed by atoms with Gasteiger partial charge in [0.25, 0.3) is 0 Å². The summed E-state index contributed by atoms with van der Waals surface area (Å²) in [5, 5.41) is 2.96. The Bertz CT molecular complexity index is 420. The van der Waals surface area contributed by atoms with Gasteiger partial charge in [0.15, 0.2) is 0 Å². The van der Waals surface area contributed by atoms with Crippen molar-refractivity contribution >= 4 is 11.8 Å². The lowest BCUT2D eigenvalue weighted by molar-refractivity contribution is -0.138. The number of amides is 2. The van der Waals surface area contributed by atoms with E-state index >= 15 is 0 Å². The van der Waals surface area contributed by atoms with Gasteiger partial charge in [-0.15, -0.1) is 0 Å². The maximum absolute atomic E-state index is 12.3. The molecule has 0 bridgehead atoms. The quantitative estimate of drug-likeness (QED) is 0.745. The maximum Gasteiger partial charge on any atom is 0.237 e. The first-order valence-corrected chi connectivity index (χ1v) is 6.30. The van der Waals surface area contributed by atoms with E-state index in [4.69, 9.17) is 5.73 Å². The number of rotatable bonds is 7. The number of hydrogen-bond acceptors (Lipinski definition) is 3.